The topological polar surface area (TPSA) is 24.9 Å². The number of nitrogens with zero attached hydrogens (tertiary/aromatic N) is 1. The molecule has 2 nitrogen and oxygen atoms in total. The summed E-state index contributed by atoms with van der Waals surface area (Å²) >= 11 is 6.21. The van der Waals surface area contributed by atoms with Crippen LogP contribution in [0.1, 0.15) is 37.7 Å². The van der Waals surface area contributed by atoms with Crippen LogP contribution in [0.4, 0.5) is 0 Å². The van der Waals surface area contributed by atoms with Crippen LogP contribution >= 0.6 is 11.6 Å². The van der Waals surface area contributed by atoms with Crippen molar-refractivity contribution in [2.24, 2.45) is 17.8 Å². The lowest BCUT2D eigenvalue weighted by atomic mass is 9.83. The van der Waals surface area contributed by atoms with Crippen LogP contribution in [0.3, 0.4) is 0 Å². The first-order chi connectivity index (χ1) is 9.26. The van der Waals surface area contributed by atoms with E-state index < -0.39 is 0 Å². The van der Waals surface area contributed by atoms with Crippen molar-refractivity contribution in [1.29, 1.82) is 0 Å². The first-order valence-corrected chi connectivity index (χ1v) is 7.89. The van der Waals surface area contributed by atoms with Crippen LogP contribution in [0.5, 0.6) is 0 Å². The van der Waals surface area contributed by atoms with Gasteiger partial charge < -0.3 is 5.32 Å². The zero-order chi connectivity index (χ0) is 13.2. The summed E-state index contributed by atoms with van der Waals surface area (Å²) in [7, 11) is 2.08. The van der Waals surface area contributed by atoms with Gasteiger partial charge in [0.15, 0.2) is 0 Å². The van der Waals surface area contributed by atoms with Crippen LogP contribution < -0.4 is 5.32 Å². The standard InChI is InChI=1S/C16H23ClN2/c1-18-15(8-13-4-5-19-10-16(13)17)9-14-7-11-2-3-12(14)6-11/h4-5,10-12,14-15,18H,2-3,6-9H2,1H3. The SMILES string of the molecule is CNC(Cc1ccncc1Cl)CC1CC2CCC1C2. The van der Waals surface area contributed by atoms with Gasteiger partial charge in [-0.15, -0.1) is 0 Å². The molecule has 4 unspecified atom stereocenters. The van der Waals surface area contributed by atoms with Crippen molar-refractivity contribution in [2.45, 2.75) is 44.6 Å². The maximum absolute atomic E-state index is 6.21. The molecule has 3 rings (SSSR count). The molecule has 4 atom stereocenters. The zero-order valence-electron chi connectivity index (χ0n) is 11.6. The monoisotopic (exact) mass is 278 g/mol. The van der Waals surface area contributed by atoms with Gasteiger partial charge in [0.1, 0.15) is 0 Å². The number of rotatable bonds is 5. The summed E-state index contributed by atoms with van der Waals surface area (Å²) in [5.74, 6) is 2.99. The summed E-state index contributed by atoms with van der Waals surface area (Å²) in [4.78, 5) is 4.06. The van der Waals surface area contributed by atoms with Gasteiger partial charge in [-0.2, -0.15) is 0 Å². The Bertz CT molecular complexity index is 435. The lowest BCUT2D eigenvalue weighted by Crippen LogP contribution is -2.31. The molecule has 0 aromatic carbocycles. The Kier molecular flexibility index (Phi) is 4.09. The number of nitrogens with one attached hydrogen (secondary N) is 1. The van der Waals surface area contributed by atoms with Gasteiger partial charge in [-0.25, -0.2) is 0 Å². The summed E-state index contributed by atoms with van der Waals surface area (Å²) < 4.78 is 0. The van der Waals surface area contributed by atoms with Crippen LogP contribution in [0.25, 0.3) is 0 Å². The summed E-state index contributed by atoms with van der Waals surface area (Å²) in [5.41, 5.74) is 1.22. The minimum atomic E-state index is 0.546. The highest BCUT2D eigenvalue weighted by Crippen LogP contribution is 2.50. The summed E-state index contributed by atoms with van der Waals surface area (Å²) in [6.45, 7) is 0. The number of halogens is 1. The van der Waals surface area contributed by atoms with Crippen LogP contribution in [-0.2, 0) is 6.42 Å². The molecule has 2 aliphatic rings. The van der Waals surface area contributed by atoms with Crippen molar-refractivity contribution in [2.75, 3.05) is 7.05 Å². The van der Waals surface area contributed by atoms with E-state index in [0.29, 0.717) is 6.04 Å². The fraction of sp³-hybridized carbons (Fsp3) is 0.688. The molecular weight excluding hydrogens is 256 g/mol. The second-order valence-corrected chi connectivity index (χ2v) is 6.73. The molecule has 2 saturated carbocycles. The Balaban J connectivity index is 1.60. The normalized spacial score (nSPS) is 30.7. The molecule has 0 radical (unpaired) electrons. The Morgan fingerprint density at radius 2 is 2.32 bits per heavy atom. The quantitative estimate of drug-likeness (QED) is 0.888. The smallest absolute Gasteiger partial charge is 0.0621 e. The molecule has 2 fully saturated rings. The maximum atomic E-state index is 6.21. The van der Waals surface area contributed by atoms with E-state index in [1.54, 1.807) is 6.20 Å². The number of pyridine rings is 1. The molecule has 1 heterocycles. The third-order valence-electron chi connectivity index (χ3n) is 5.20. The number of aromatic nitrogens is 1. The first kappa shape index (κ1) is 13.4. The van der Waals surface area contributed by atoms with Gasteiger partial charge in [0.25, 0.3) is 0 Å². The third kappa shape index (κ3) is 2.95. The Labute approximate surface area is 121 Å². The second kappa shape index (κ2) is 5.80. The average molecular weight is 279 g/mol. The fourth-order valence-corrected chi connectivity index (χ4v) is 4.37. The highest BCUT2D eigenvalue weighted by atomic mass is 35.5. The highest BCUT2D eigenvalue weighted by molar-refractivity contribution is 6.31. The number of likely N-dealkylation sites (N-methyl/N-ethyl adjacent to an activating group) is 1. The molecule has 1 aromatic heterocycles. The molecule has 0 saturated heterocycles. The van der Waals surface area contributed by atoms with Crippen LogP contribution in [0.2, 0.25) is 5.02 Å². The number of hydrogen-bond donors (Lipinski definition) is 1. The zero-order valence-corrected chi connectivity index (χ0v) is 12.4. The van der Waals surface area contributed by atoms with Crippen molar-refractivity contribution in [3.8, 4) is 0 Å². The van der Waals surface area contributed by atoms with E-state index in [0.717, 1.165) is 29.2 Å². The third-order valence-corrected chi connectivity index (χ3v) is 5.54. The number of hydrogen-bond acceptors (Lipinski definition) is 2. The molecule has 1 N–H and O–H groups in total. The molecule has 1 aromatic rings. The Morgan fingerprint density at radius 3 is 2.95 bits per heavy atom. The predicted octanol–water partition coefficient (Wildman–Crippen LogP) is 3.69. The van der Waals surface area contributed by atoms with Crippen molar-refractivity contribution in [3.05, 3.63) is 29.0 Å². The van der Waals surface area contributed by atoms with Gasteiger partial charge in [-0.3, -0.25) is 4.98 Å². The molecule has 104 valence electrons. The van der Waals surface area contributed by atoms with E-state index in [4.69, 9.17) is 11.6 Å². The molecule has 19 heavy (non-hydrogen) atoms. The van der Waals surface area contributed by atoms with Gasteiger partial charge in [0.2, 0.25) is 0 Å². The minimum Gasteiger partial charge on any atom is -0.317 e. The van der Waals surface area contributed by atoms with Crippen LogP contribution in [0, 0.1) is 17.8 Å². The van der Waals surface area contributed by atoms with Crippen molar-refractivity contribution < 1.29 is 0 Å². The van der Waals surface area contributed by atoms with Gasteiger partial charge in [-0.1, -0.05) is 18.0 Å². The fourth-order valence-electron chi connectivity index (χ4n) is 4.17. The van der Waals surface area contributed by atoms with Gasteiger partial charge in [0, 0.05) is 18.4 Å². The predicted molar refractivity (Wildman–Crippen MR) is 79.4 cm³/mol. The lowest BCUT2D eigenvalue weighted by molar-refractivity contribution is 0.281. The Morgan fingerprint density at radius 1 is 1.42 bits per heavy atom. The minimum absolute atomic E-state index is 0.546. The molecule has 2 bridgehead atoms. The Hall–Kier alpha value is -0.600. The lowest BCUT2D eigenvalue weighted by Gasteiger charge is -2.26. The summed E-state index contributed by atoms with van der Waals surface area (Å²) in [5, 5.41) is 4.29. The van der Waals surface area contributed by atoms with Crippen LogP contribution in [0.15, 0.2) is 18.5 Å². The largest absolute Gasteiger partial charge is 0.317 e. The van der Waals surface area contributed by atoms with Crippen LogP contribution in [-0.4, -0.2) is 18.1 Å². The van der Waals surface area contributed by atoms with E-state index in [-0.39, 0.29) is 0 Å². The maximum Gasteiger partial charge on any atom is 0.0621 e. The molecule has 0 spiro atoms. The molecule has 0 aliphatic heterocycles. The molecule has 2 aliphatic carbocycles. The summed E-state index contributed by atoms with van der Waals surface area (Å²) in [6, 6.07) is 2.59. The van der Waals surface area contributed by atoms with Crippen molar-refractivity contribution >= 4 is 11.6 Å². The summed E-state index contributed by atoms with van der Waals surface area (Å²) in [6.07, 6.45) is 11.8. The average Bonchev–Trinajstić information content (AvgIpc) is 3.02. The van der Waals surface area contributed by atoms with E-state index in [1.807, 2.05) is 12.3 Å². The highest BCUT2D eigenvalue weighted by Gasteiger charge is 2.39. The van der Waals surface area contributed by atoms with Crippen molar-refractivity contribution in [3.63, 3.8) is 0 Å². The van der Waals surface area contributed by atoms with Gasteiger partial charge in [-0.05, 0) is 68.5 Å². The van der Waals surface area contributed by atoms with Gasteiger partial charge in [0.05, 0.1) is 5.02 Å². The first-order valence-electron chi connectivity index (χ1n) is 7.52. The van der Waals surface area contributed by atoms with Crippen molar-refractivity contribution in [1.82, 2.24) is 10.3 Å². The van der Waals surface area contributed by atoms with E-state index in [9.17, 15) is 0 Å². The second-order valence-electron chi connectivity index (χ2n) is 6.33. The molecule has 0 amide bonds. The van der Waals surface area contributed by atoms with E-state index in [1.165, 1.54) is 37.7 Å². The number of fused-ring (bicyclic) bond motifs is 2. The molecule has 3 heteroatoms. The van der Waals surface area contributed by atoms with E-state index >= 15 is 0 Å². The van der Waals surface area contributed by atoms with E-state index in [2.05, 4.69) is 17.3 Å². The van der Waals surface area contributed by atoms with Gasteiger partial charge >= 0.3 is 0 Å². The molecular formula is C16H23ClN2.